The van der Waals surface area contributed by atoms with Gasteiger partial charge in [-0.2, -0.15) is 0 Å². The Labute approximate surface area is 311 Å². The Morgan fingerprint density at radius 2 is 0.796 bits per heavy atom. The van der Waals surface area contributed by atoms with E-state index in [-0.39, 0.29) is 12.2 Å². The molecule has 0 aliphatic carbocycles. The van der Waals surface area contributed by atoms with Gasteiger partial charge in [0.05, 0.1) is 0 Å². The Morgan fingerprint density at radius 3 is 1.09 bits per heavy atom. The summed E-state index contributed by atoms with van der Waals surface area (Å²) >= 11 is 0. The fourth-order valence-electron chi connectivity index (χ4n) is 5.07. The third kappa shape index (κ3) is 14.7. The van der Waals surface area contributed by atoms with Crippen LogP contribution in [-0.2, 0) is 32.0 Å². The van der Waals surface area contributed by atoms with Crippen LogP contribution in [0.2, 0.25) is 0 Å². The highest BCUT2D eigenvalue weighted by atomic mass is 16.6. The highest BCUT2D eigenvalue weighted by Gasteiger charge is 2.13. The number of benzene rings is 2. The lowest BCUT2D eigenvalue weighted by molar-refractivity contribution is -0.159. The van der Waals surface area contributed by atoms with E-state index in [0.717, 1.165) is 58.6 Å². The van der Waals surface area contributed by atoms with E-state index in [1.807, 2.05) is 36.4 Å². The Bertz CT molecular complexity index is 1750. The van der Waals surface area contributed by atoms with Gasteiger partial charge in [-0.1, -0.05) is 62.8 Å². The first kappa shape index (κ1) is 43.8. The van der Waals surface area contributed by atoms with E-state index in [9.17, 15) is 9.59 Å². The summed E-state index contributed by atoms with van der Waals surface area (Å²) in [6, 6.07) is 15.4. The number of carbonyl (C=O) groups is 6. The molecule has 2 amide bonds. The van der Waals surface area contributed by atoms with Gasteiger partial charge in [-0.15, -0.1) is 0 Å². The summed E-state index contributed by atoms with van der Waals surface area (Å²) in [6.07, 6.45) is 14.1. The first-order chi connectivity index (χ1) is 25.6. The van der Waals surface area contributed by atoms with Gasteiger partial charge in [0.2, 0.25) is 0 Å². The SMILES string of the molecule is CN(C)C(=O)Oc1cccc2c(CCCCCCCCCCc3nccc4c(OC(=O)N(C)C)cccc34)nccc12.O=C(O)C(=O)O.O=C(O)C(=O)O. The Morgan fingerprint density at radius 1 is 0.481 bits per heavy atom. The van der Waals surface area contributed by atoms with Crippen molar-refractivity contribution in [2.24, 2.45) is 0 Å². The average Bonchev–Trinajstić information content (AvgIpc) is 3.13. The molecule has 0 unspecified atom stereocenters. The third-order valence-corrected chi connectivity index (χ3v) is 7.77. The van der Waals surface area contributed by atoms with Crippen molar-refractivity contribution in [3.05, 3.63) is 72.3 Å². The Balaban J connectivity index is 0.000000726. The van der Waals surface area contributed by atoms with E-state index >= 15 is 0 Å². The molecule has 0 aliphatic heterocycles. The number of aromatic nitrogens is 2. The summed E-state index contributed by atoms with van der Waals surface area (Å²) in [4.78, 5) is 72.6. The molecule has 16 nitrogen and oxygen atoms in total. The van der Waals surface area contributed by atoms with Gasteiger partial charge in [0.25, 0.3) is 0 Å². The van der Waals surface area contributed by atoms with Gasteiger partial charge in [-0.25, -0.2) is 28.8 Å². The topological polar surface area (TPSA) is 234 Å². The van der Waals surface area contributed by atoms with E-state index in [2.05, 4.69) is 22.1 Å². The van der Waals surface area contributed by atoms with Gasteiger partial charge < -0.3 is 39.7 Å². The lowest BCUT2D eigenvalue weighted by atomic mass is 10.0. The summed E-state index contributed by atoms with van der Waals surface area (Å²) in [6.45, 7) is 0. The third-order valence-electron chi connectivity index (χ3n) is 7.77. The zero-order chi connectivity index (χ0) is 40.2. The largest absolute Gasteiger partial charge is 0.473 e. The maximum atomic E-state index is 12.0. The van der Waals surface area contributed by atoms with Crippen LogP contribution in [0.3, 0.4) is 0 Å². The normalized spacial score (nSPS) is 10.2. The Hall–Kier alpha value is -6.32. The molecule has 2 aromatic heterocycles. The molecule has 2 heterocycles. The predicted octanol–water partition coefficient (Wildman–Crippen LogP) is 6.12. The first-order valence-corrected chi connectivity index (χ1v) is 17.1. The van der Waals surface area contributed by atoms with Crippen LogP contribution in [0.5, 0.6) is 11.5 Å². The molecule has 290 valence electrons. The summed E-state index contributed by atoms with van der Waals surface area (Å²) in [5.41, 5.74) is 2.11. The number of hydrogen-bond acceptors (Lipinski definition) is 10. The van der Waals surface area contributed by atoms with E-state index in [1.165, 1.54) is 48.3 Å². The number of aliphatic carboxylic acids is 4. The molecule has 2 aromatic carbocycles. The molecule has 0 spiro atoms. The minimum atomic E-state index is -1.82. The van der Waals surface area contributed by atoms with Crippen LogP contribution in [0.15, 0.2) is 60.9 Å². The molecule has 16 heteroatoms. The van der Waals surface area contributed by atoms with Crippen molar-refractivity contribution < 1.29 is 58.7 Å². The summed E-state index contributed by atoms with van der Waals surface area (Å²) < 4.78 is 11.1. The Kier molecular flexibility index (Phi) is 18.3. The minimum absolute atomic E-state index is 0.385. The molecule has 0 bridgehead atoms. The van der Waals surface area contributed by atoms with Gasteiger partial charge in [0.15, 0.2) is 0 Å². The fraction of sp³-hybridized carbons (Fsp3) is 0.368. The van der Waals surface area contributed by atoms with Crippen molar-refractivity contribution in [2.75, 3.05) is 28.2 Å². The highest BCUT2D eigenvalue weighted by Crippen LogP contribution is 2.29. The van der Waals surface area contributed by atoms with Crippen molar-refractivity contribution in [2.45, 2.75) is 64.2 Å². The predicted molar refractivity (Wildman–Crippen MR) is 198 cm³/mol. The quantitative estimate of drug-likeness (QED) is 0.0890. The van der Waals surface area contributed by atoms with E-state index in [1.54, 1.807) is 40.6 Å². The smallest absolute Gasteiger partial charge is 0.414 e. The molecule has 4 aromatic rings. The van der Waals surface area contributed by atoms with Crippen molar-refractivity contribution >= 4 is 57.6 Å². The molecule has 0 atom stereocenters. The number of aryl methyl sites for hydroxylation is 2. The fourth-order valence-corrected chi connectivity index (χ4v) is 5.07. The molecule has 4 N–H and O–H groups in total. The number of hydrogen-bond donors (Lipinski definition) is 4. The van der Waals surface area contributed by atoms with E-state index in [0.29, 0.717) is 11.5 Å². The van der Waals surface area contributed by atoms with Gasteiger partial charge in [0, 0.05) is 73.5 Å². The molecule has 0 saturated carbocycles. The van der Waals surface area contributed by atoms with Crippen LogP contribution < -0.4 is 9.47 Å². The number of nitrogens with zero attached hydrogens (tertiary/aromatic N) is 4. The lowest BCUT2D eigenvalue weighted by Crippen LogP contribution is -2.25. The van der Waals surface area contributed by atoms with Crippen molar-refractivity contribution in [3.8, 4) is 11.5 Å². The van der Waals surface area contributed by atoms with Crippen molar-refractivity contribution in [1.29, 1.82) is 0 Å². The molecular weight excluding hydrogens is 704 g/mol. The second-order valence-corrected chi connectivity index (χ2v) is 12.3. The van der Waals surface area contributed by atoms with Crippen LogP contribution in [0.1, 0.15) is 62.8 Å². The van der Waals surface area contributed by atoms with Crippen LogP contribution in [0.25, 0.3) is 21.5 Å². The maximum Gasteiger partial charge on any atom is 0.414 e. The van der Waals surface area contributed by atoms with Gasteiger partial charge in [0.1, 0.15) is 11.5 Å². The molecule has 0 fully saturated rings. The van der Waals surface area contributed by atoms with E-state index in [4.69, 9.17) is 49.1 Å². The molecule has 4 rings (SSSR count). The van der Waals surface area contributed by atoms with Crippen molar-refractivity contribution in [1.82, 2.24) is 19.8 Å². The highest BCUT2D eigenvalue weighted by molar-refractivity contribution is 6.27. The van der Waals surface area contributed by atoms with Crippen LogP contribution in [0.4, 0.5) is 9.59 Å². The number of carbonyl (C=O) groups excluding carboxylic acids is 2. The zero-order valence-corrected chi connectivity index (χ0v) is 30.7. The van der Waals surface area contributed by atoms with E-state index < -0.39 is 23.9 Å². The number of pyridine rings is 2. The second kappa shape index (κ2) is 22.6. The number of ether oxygens (including phenoxy) is 2. The van der Waals surface area contributed by atoms with Gasteiger partial charge in [-0.3, -0.25) is 9.97 Å². The zero-order valence-electron chi connectivity index (χ0n) is 30.7. The minimum Gasteiger partial charge on any atom is -0.473 e. The number of fused-ring (bicyclic) bond motifs is 2. The average molecular weight is 751 g/mol. The number of amides is 2. The number of carboxylic acid groups (broad SMARTS) is 4. The maximum absolute atomic E-state index is 12.0. The monoisotopic (exact) mass is 750 g/mol. The summed E-state index contributed by atoms with van der Waals surface area (Å²) in [5, 5.41) is 33.5. The molecule has 0 aliphatic rings. The molecular formula is C38H46N4O12. The second-order valence-electron chi connectivity index (χ2n) is 12.3. The van der Waals surface area contributed by atoms with Crippen molar-refractivity contribution in [3.63, 3.8) is 0 Å². The van der Waals surface area contributed by atoms with Crippen LogP contribution in [-0.4, -0.2) is 104 Å². The number of rotatable bonds is 13. The summed E-state index contributed by atoms with van der Waals surface area (Å²) in [5.74, 6) is -6.15. The van der Waals surface area contributed by atoms with Gasteiger partial charge >= 0.3 is 36.1 Å². The molecule has 0 saturated heterocycles. The van der Waals surface area contributed by atoms with Crippen LogP contribution in [0, 0.1) is 0 Å². The standard InChI is InChI=1S/C34H42N4O4.2C2H2O4/c1-37(2)33(39)41-31-19-13-15-25-27(31)21-23-35-29(25)17-11-9-7-5-6-8-10-12-18-30-26-16-14-20-32(28(26)22-24-36-30)42-34(40)38(3)4;2*3-1(4)2(5)6/h13-16,19-24H,5-12,17-18H2,1-4H3;2*(H,3,4)(H,5,6). The lowest BCUT2D eigenvalue weighted by Gasteiger charge is -2.13. The number of carboxylic acids is 4. The molecule has 54 heavy (non-hydrogen) atoms. The van der Waals surface area contributed by atoms with Crippen LogP contribution >= 0.6 is 0 Å². The number of unbranched alkanes of at least 4 members (excludes halogenated alkanes) is 7. The molecule has 0 radical (unpaired) electrons. The van der Waals surface area contributed by atoms with Gasteiger partial charge in [-0.05, 0) is 49.9 Å². The summed E-state index contributed by atoms with van der Waals surface area (Å²) in [7, 11) is 6.70. The first-order valence-electron chi connectivity index (χ1n) is 17.1.